The first-order chi connectivity index (χ1) is 11.3. The maximum absolute atomic E-state index is 6.11. The molecule has 0 unspecified atom stereocenters. The van der Waals surface area contributed by atoms with E-state index < -0.39 is 0 Å². The second-order valence-electron chi connectivity index (χ2n) is 6.46. The molecular formula is C16H21N5O2. The predicted molar refractivity (Wildman–Crippen MR) is 83.4 cm³/mol. The van der Waals surface area contributed by atoms with E-state index in [1.165, 1.54) is 12.8 Å². The molecule has 7 nitrogen and oxygen atoms in total. The minimum atomic E-state index is -0.129. The molecule has 2 aromatic heterocycles. The number of hydrogen-bond donors (Lipinski definition) is 1. The Balaban J connectivity index is 1.59. The number of hydrogen-bond acceptors (Lipinski definition) is 7. The van der Waals surface area contributed by atoms with E-state index in [0.29, 0.717) is 34.9 Å². The fraction of sp³-hybridized carbons (Fsp3) is 0.625. The van der Waals surface area contributed by atoms with Gasteiger partial charge in [-0.15, -0.1) is 0 Å². The minimum absolute atomic E-state index is 0.129. The number of rotatable bonds is 5. The summed E-state index contributed by atoms with van der Waals surface area (Å²) >= 11 is 0. The Bertz CT molecular complexity index is 692. The van der Waals surface area contributed by atoms with E-state index in [1.807, 2.05) is 0 Å². The first kappa shape index (κ1) is 14.6. The molecule has 2 aliphatic rings. The molecule has 1 atom stereocenters. The molecule has 0 saturated heterocycles. The molecule has 0 spiro atoms. The summed E-state index contributed by atoms with van der Waals surface area (Å²) in [4.78, 5) is 13.4. The second kappa shape index (κ2) is 5.88. The lowest BCUT2D eigenvalue weighted by molar-refractivity contribution is 0.0561. The van der Waals surface area contributed by atoms with Crippen molar-refractivity contribution in [3.63, 3.8) is 0 Å². The van der Waals surface area contributed by atoms with Crippen LogP contribution in [0, 0.1) is 5.92 Å². The first-order valence-corrected chi connectivity index (χ1v) is 8.25. The summed E-state index contributed by atoms with van der Waals surface area (Å²) in [5.74, 6) is 3.09. The van der Waals surface area contributed by atoms with Gasteiger partial charge in [-0.2, -0.15) is 4.98 Å². The van der Waals surface area contributed by atoms with Gasteiger partial charge < -0.3 is 15.0 Å². The zero-order valence-electron chi connectivity index (χ0n) is 13.2. The van der Waals surface area contributed by atoms with Crippen LogP contribution in [0.25, 0.3) is 11.4 Å². The van der Waals surface area contributed by atoms with E-state index in [-0.39, 0.29) is 6.10 Å². The zero-order chi connectivity index (χ0) is 15.8. The van der Waals surface area contributed by atoms with Gasteiger partial charge in [0.25, 0.3) is 5.89 Å². The average molecular weight is 315 g/mol. The summed E-state index contributed by atoms with van der Waals surface area (Å²) in [6, 6.07) is 0. The van der Waals surface area contributed by atoms with Gasteiger partial charge in [0.1, 0.15) is 17.7 Å². The van der Waals surface area contributed by atoms with Gasteiger partial charge in [-0.25, -0.2) is 9.97 Å². The molecule has 0 aliphatic heterocycles. The van der Waals surface area contributed by atoms with Crippen molar-refractivity contribution in [2.24, 2.45) is 5.92 Å². The molecule has 0 radical (unpaired) electrons. The molecule has 7 heteroatoms. The third kappa shape index (κ3) is 2.81. The largest absolute Gasteiger partial charge is 0.383 e. The SMILES string of the molecule is CO[C@H](c1nc(-c2cnc(C3CCCC3)nc2N)no1)C1CC1. The molecule has 2 fully saturated rings. The number of nitrogen functional groups attached to an aromatic ring is 1. The van der Waals surface area contributed by atoms with Crippen molar-refractivity contribution in [3.05, 3.63) is 17.9 Å². The monoisotopic (exact) mass is 315 g/mol. The Morgan fingerprint density at radius 3 is 2.65 bits per heavy atom. The molecule has 4 rings (SSSR count). The van der Waals surface area contributed by atoms with Crippen LogP contribution in [0.5, 0.6) is 0 Å². The fourth-order valence-corrected chi connectivity index (χ4v) is 3.32. The maximum Gasteiger partial charge on any atom is 0.256 e. The average Bonchev–Trinajstić information content (AvgIpc) is 3.04. The van der Waals surface area contributed by atoms with Gasteiger partial charge in [0, 0.05) is 19.2 Å². The number of aromatic nitrogens is 4. The van der Waals surface area contributed by atoms with E-state index in [2.05, 4.69) is 20.1 Å². The van der Waals surface area contributed by atoms with Crippen molar-refractivity contribution in [1.82, 2.24) is 20.1 Å². The van der Waals surface area contributed by atoms with Crippen LogP contribution < -0.4 is 5.73 Å². The van der Waals surface area contributed by atoms with Crippen LogP contribution in [0.2, 0.25) is 0 Å². The fourth-order valence-electron chi connectivity index (χ4n) is 3.32. The molecular weight excluding hydrogens is 294 g/mol. The van der Waals surface area contributed by atoms with Crippen molar-refractivity contribution in [1.29, 1.82) is 0 Å². The van der Waals surface area contributed by atoms with Crippen molar-refractivity contribution in [2.75, 3.05) is 12.8 Å². The number of nitrogens with two attached hydrogens (primary N) is 1. The van der Waals surface area contributed by atoms with Crippen LogP contribution in [0.1, 0.15) is 62.3 Å². The van der Waals surface area contributed by atoms with Crippen LogP contribution in [-0.2, 0) is 4.74 Å². The van der Waals surface area contributed by atoms with Gasteiger partial charge >= 0.3 is 0 Å². The van der Waals surface area contributed by atoms with Crippen LogP contribution in [0.3, 0.4) is 0 Å². The Hall–Kier alpha value is -2.02. The quantitative estimate of drug-likeness (QED) is 0.905. The molecule has 122 valence electrons. The number of anilines is 1. The molecule has 2 N–H and O–H groups in total. The maximum atomic E-state index is 6.11. The third-order valence-corrected chi connectivity index (χ3v) is 4.79. The predicted octanol–water partition coefficient (Wildman–Crippen LogP) is 2.86. The molecule has 2 heterocycles. The van der Waals surface area contributed by atoms with Gasteiger partial charge in [-0.1, -0.05) is 18.0 Å². The summed E-state index contributed by atoms with van der Waals surface area (Å²) in [7, 11) is 1.67. The summed E-state index contributed by atoms with van der Waals surface area (Å²) < 4.78 is 10.8. The third-order valence-electron chi connectivity index (χ3n) is 4.79. The lowest BCUT2D eigenvalue weighted by atomic mass is 10.1. The summed E-state index contributed by atoms with van der Waals surface area (Å²) in [6.07, 6.45) is 8.62. The van der Waals surface area contributed by atoms with Crippen LogP contribution >= 0.6 is 0 Å². The zero-order valence-corrected chi connectivity index (χ0v) is 13.2. The van der Waals surface area contributed by atoms with Crippen molar-refractivity contribution in [2.45, 2.75) is 50.5 Å². The number of methoxy groups -OCH3 is 1. The topological polar surface area (TPSA) is 100.0 Å². The highest BCUT2D eigenvalue weighted by atomic mass is 16.5. The molecule has 0 bridgehead atoms. The van der Waals surface area contributed by atoms with Gasteiger partial charge in [0.05, 0.1) is 5.56 Å². The summed E-state index contributed by atoms with van der Waals surface area (Å²) in [6.45, 7) is 0. The van der Waals surface area contributed by atoms with Crippen LogP contribution in [-0.4, -0.2) is 27.2 Å². The van der Waals surface area contributed by atoms with E-state index in [9.17, 15) is 0 Å². The van der Waals surface area contributed by atoms with E-state index in [1.54, 1.807) is 13.3 Å². The molecule has 2 saturated carbocycles. The molecule has 2 aliphatic carbocycles. The van der Waals surface area contributed by atoms with E-state index in [4.69, 9.17) is 15.0 Å². The number of nitrogens with zero attached hydrogens (tertiary/aromatic N) is 4. The molecule has 2 aromatic rings. The van der Waals surface area contributed by atoms with Gasteiger partial charge in [0.2, 0.25) is 5.82 Å². The highest BCUT2D eigenvalue weighted by Crippen LogP contribution is 2.42. The van der Waals surface area contributed by atoms with E-state index >= 15 is 0 Å². The number of ether oxygens (including phenoxy) is 1. The Morgan fingerprint density at radius 1 is 1.22 bits per heavy atom. The van der Waals surface area contributed by atoms with Gasteiger partial charge in [0.15, 0.2) is 0 Å². The smallest absolute Gasteiger partial charge is 0.256 e. The Morgan fingerprint density at radius 2 is 2.00 bits per heavy atom. The lowest BCUT2D eigenvalue weighted by Crippen LogP contribution is -2.06. The lowest BCUT2D eigenvalue weighted by Gasteiger charge is -2.09. The molecule has 0 aromatic carbocycles. The summed E-state index contributed by atoms with van der Waals surface area (Å²) in [5, 5.41) is 4.03. The highest BCUT2D eigenvalue weighted by molar-refractivity contribution is 5.66. The van der Waals surface area contributed by atoms with Gasteiger partial charge in [-0.05, 0) is 31.6 Å². The van der Waals surface area contributed by atoms with Crippen molar-refractivity contribution < 1.29 is 9.26 Å². The van der Waals surface area contributed by atoms with Crippen molar-refractivity contribution in [3.8, 4) is 11.4 Å². The van der Waals surface area contributed by atoms with Gasteiger partial charge in [-0.3, -0.25) is 0 Å². The van der Waals surface area contributed by atoms with Crippen LogP contribution in [0.4, 0.5) is 5.82 Å². The minimum Gasteiger partial charge on any atom is -0.383 e. The first-order valence-electron chi connectivity index (χ1n) is 8.25. The molecule has 0 amide bonds. The van der Waals surface area contributed by atoms with E-state index in [0.717, 1.165) is 31.5 Å². The van der Waals surface area contributed by atoms with Crippen molar-refractivity contribution >= 4 is 5.82 Å². The molecule has 23 heavy (non-hydrogen) atoms. The second-order valence-corrected chi connectivity index (χ2v) is 6.46. The highest BCUT2D eigenvalue weighted by Gasteiger charge is 2.36. The normalized spacial score (nSPS) is 20.0. The Kier molecular flexibility index (Phi) is 3.72. The standard InChI is InChI=1S/C16H21N5O2/c1-22-12(9-6-7-9)16-20-15(21-23-16)11-8-18-14(19-13(11)17)10-4-2-3-5-10/h8-10,12H,2-7H2,1H3,(H2,17,18,19)/t12-/m0/s1. The summed E-state index contributed by atoms with van der Waals surface area (Å²) in [5.41, 5.74) is 6.72. The Labute approximate surface area is 134 Å². The van der Waals surface area contributed by atoms with Crippen LogP contribution in [0.15, 0.2) is 10.7 Å².